The number of hydrogen-bond donors (Lipinski definition) is 0. The molecule has 1 atom stereocenters. The number of rotatable bonds is 7. The van der Waals surface area contributed by atoms with E-state index < -0.39 is 11.9 Å². The Morgan fingerprint density at radius 2 is 2.00 bits per heavy atom. The van der Waals surface area contributed by atoms with Crippen LogP contribution < -0.4 is 4.74 Å². The summed E-state index contributed by atoms with van der Waals surface area (Å²) in [5, 5.41) is 4.39. The molecule has 1 aliphatic carbocycles. The first-order chi connectivity index (χ1) is 16.8. The number of benzene rings is 1. The smallest absolute Gasteiger partial charge is 0.434 e. The van der Waals surface area contributed by atoms with Crippen LogP contribution in [0, 0.1) is 0 Å². The topological polar surface area (TPSA) is 70.7 Å². The van der Waals surface area contributed by atoms with E-state index in [1.807, 2.05) is 36.0 Å². The molecule has 1 fully saturated rings. The molecule has 182 valence electrons. The Morgan fingerprint density at radius 3 is 2.63 bits per heavy atom. The van der Waals surface area contributed by atoms with Crippen LogP contribution in [0.4, 0.5) is 13.2 Å². The number of halogens is 3. The van der Waals surface area contributed by atoms with E-state index in [1.54, 1.807) is 26.3 Å². The SMILES string of the molecule is CCn1cc(C(F)(F)F)nc1-c1ccc(C(C)n2cccn2)c(-c2c(OC)ncnc2C2CC2)c1. The van der Waals surface area contributed by atoms with Gasteiger partial charge in [-0.1, -0.05) is 12.1 Å². The molecule has 4 aromatic rings. The fourth-order valence-corrected chi connectivity index (χ4v) is 4.41. The Labute approximate surface area is 200 Å². The van der Waals surface area contributed by atoms with Crippen LogP contribution in [0.1, 0.15) is 55.6 Å². The van der Waals surface area contributed by atoms with Crippen LogP contribution in [0.5, 0.6) is 5.88 Å². The van der Waals surface area contributed by atoms with E-state index >= 15 is 0 Å². The van der Waals surface area contributed by atoms with Gasteiger partial charge in [-0.2, -0.15) is 18.3 Å². The highest BCUT2D eigenvalue weighted by molar-refractivity contribution is 5.79. The molecule has 0 N–H and O–H groups in total. The third-order valence-corrected chi connectivity index (χ3v) is 6.36. The van der Waals surface area contributed by atoms with E-state index in [4.69, 9.17) is 4.74 Å². The fraction of sp³-hybridized carbons (Fsp3) is 0.360. The first-order valence-corrected chi connectivity index (χ1v) is 11.5. The van der Waals surface area contributed by atoms with Gasteiger partial charge < -0.3 is 9.30 Å². The van der Waals surface area contributed by atoms with Gasteiger partial charge in [0.1, 0.15) is 12.2 Å². The van der Waals surface area contributed by atoms with Gasteiger partial charge in [0.15, 0.2) is 5.69 Å². The van der Waals surface area contributed by atoms with Crippen LogP contribution in [0.25, 0.3) is 22.5 Å². The molecule has 0 spiro atoms. The molecule has 0 bridgehead atoms. The second-order valence-corrected chi connectivity index (χ2v) is 8.62. The normalized spacial score (nSPS) is 14.8. The van der Waals surface area contributed by atoms with Gasteiger partial charge in [-0.3, -0.25) is 4.68 Å². The quantitative estimate of drug-likeness (QED) is 0.336. The second-order valence-electron chi connectivity index (χ2n) is 8.62. The van der Waals surface area contributed by atoms with Crippen LogP contribution in [0.3, 0.4) is 0 Å². The van der Waals surface area contributed by atoms with Crippen LogP contribution in [-0.4, -0.2) is 36.4 Å². The summed E-state index contributed by atoms with van der Waals surface area (Å²) in [6.45, 7) is 4.16. The maximum absolute atomic E-state index is 13.4. The first-order valence-electron chi connectivity index (χ1n) is 11.5. The summed E-state index contributed by atoms with van der Waals surface area (Å²) in [5.41, 5.74) is 3.03. The van der Waals surface area contributed by atoms with Gasteiger partial charge in [0.2, 0.25) is 5.88 Å². The summed E-state index contributed by atoms with van der Waals surface area (Å²) in [7, 11) is 1.56. The third-order valence-electron chi connectivity index (χ3n) is 6.36. The molecule has 3 aromatic heterocycles. The maximum atomic E-state index is 13.4. The van der Waals surface area contributed by atoms with Crippen molar-refractivity contribution in [3.8, 4) is 28.4 Å². The molecule has 1 saturated carbocycles. The molecular weight excluding hydrogens is 457 g/mol. The molecule has 0 aliphatic heterocycles. The van der Waals surface area contributed by atoms with Gasteiger partial charge in [0.05, 0.1) is 24.4 Å². The van der Waals surface area contributed by atoms with E-state index in [2.05, 4.69) is 20.1 Å². The molecule has 7 nitrogen and oxygen atoms in total. The van der Waals surface area contributed by atoms with Crippen molar-refractivity contribution in [2.24, 2.45) is 0 Å². The van der Waals surface area contributed by atoms with Crippen LogP contribution in [0.15, 0.2) is 49.2 Å². The zero-order valence-electron chi connectivity index (χ0n) is 19.6. The minimum atomic E-state index is -4.53. The number of methoxy groups -OCH3 is 1. The largest absolute Gasteiger partial charge is 0.480 e. The van der Waals surface area contributed by atoms with Crippen molar-refractivity contribution in [1.82, 2.24) is 29.3 Å². The summed E-state index contributed by atoms with van der Waals surface area (Å²) in [4.78, 5) is 12.9. The average Bonchev–Trinajstić information content (AvgIpc) is 3.36. The Hall–Kier alpha value is -3.69. The molecular formula is C25H25F3N6O. The molecule has 1 aromatic carbocycles. The van der Waals surface area contributed by atoms with Gasteiger partial charge in [0, 0.05) is 36.6 Å². The predicted molar refractivity (Wildman–Crippen MR) is 124 cm³/mol. The number of ether oxygens (including phenoxy) is 1. The van der Waals surface area contributed by atoms with E-state index in [9.17, 15) is 13.2 Å². The summed E-state index contributed by atoms with van der Waals surface area (Å²) < 4.78 is 49.3. The summed E-state index contributed by atoms with van der Waals surface area (Å²) >= 11 is 0. The van der Waals surface area contributed by atoms with E-state index in [1.165, 1.54) is 10.9 Å². The molecule has 0 radical (unpaired) electrons. The molecule has 0 amide bonds. The van der Waals surface area contributed by atoms with Crippen molar-refractivity contribution in [2.45, 2.75) is 51.4 Å². The lowest BCUT2D eigenvalue weighted by Crippen LogP contribution is -2.10. The molecule has 10 heteroatoms. The summed E-state index contributed by atoms with van der Waals surface area (Å²) in [5.74, 6) is 0.985. The zero-order valence-corrected chi connectivity index (χ0v) is 19.6. The minimum absolute atomic E-state index is 0.150. The van der Waals surface area contributed by atoms with Crippen LogP contribution in [-0.2, 0) is 12.7 Å². The Morgan fingerprint density at radius 1 is 1.20 bits per heavy atom. The Kier molecular flexibility index (Phi) is 5.82. The number of aryl methyl sites for hydroxylation is 1. The molecule has 35 heavy (non-hydrogen) atoms. The highest BCUT2D eigenvalue weighted by atomic mass is 19.4. The average molecular weight is 483 g/mol. The first kappa shape index (κ1) is 23.1. The van der Waals surface area contributed by atoms with E-state index in [-0.39, 0.29) is 11.9 Å². The van der Waals surface area contributed by atoms with Crippen molar-refractivity contribution < 1.29 is 17.9 Å². The second kappa shape index (κ2) is 8.83. The van der Waals surface area contributed by atoms with Gasteiger partial charge >= 0.3 is 6.18 Å². The molecule has 1 aliphatic rings. The lowest BCUT2D eigenvalue weighted by atomic mass is 9.91. The number of alkyl halides is 3. The Balaban J connectivity index is 1.74. The third kappa shape index (κ3) is 4.28. The van der Waals surface area contributed by atoms with Gasteiger partial charge in [-0.15, -0.1) is 0 Å². The van der Waals surface area contributed by atoms with Crippen molar-refractivity contribution >= 4 is 0 Å². The number of hydrogen-bond acceptors (Lipinski definition) is 5. The lowest BCUT2D eigenvalue weighted by molar-refractivity contribution is -0.140. The number of nitrogens with zero attached hydrogens (tertiary/aromatic N) is 6. The zero-order chi connectivity index (χ0) is 24.7. The van der Waals surface area contributed by atoms with Crippen molar-refractivity contribution in [1.29, 1.82) is 0 Å². The number of imidazole rings is 1. The maximum Gasteiger partial charge on any atom is 0.434 e. The highest BCUT2D eigenvalue weighted by Crippen LogP contribution is 2.47. The molecule has 1 unspecified atom stereocenters. The van der Waals surface area contributed by atoms with E-state index in [0.29, 0.717) is 23.9 Å². The molecule has 5 rings (SSSR count). The molecule has 0 saturated heterocycles. The van der Waals surface area contributed by atoms with Crippen LogP contribution in [0.2, 0.25) is 0 Å². The predicted octanol–water partition coefficient (Wildman–Crippen LogP) is 5.74. The van der Waals surface area contributed by atoms with Gasteiger partial charge in [-0.05, 0) is 49.9 Å². The monoisotopic (exact) mass is 482 g/mol. The fourth-order valence-electron chi connectivity index (χ4n) is 4.41. The lowest BCUT2D eigenvalue weighted by Gasteiger charge is -2.21. The van der Waals surface area contributed by atoms with E-state index in [0.717, 1.165) is 41.4 Å². The molecule has 3 heterocycles. The highest BCUT2D eigenvalue weighted by Gasteiger charge is 2.35. The standard InChI is InChI=1S/C25H25F3N6O/c1-4-33-13-20(25(26,27)28)32-23(33)17-8-9-18(15(2)34-11-5-10-31-34)19(12-17)21-22(16-6-7-16)29-14-30-24(21)35-3/h5,8-16H,4,6-7H2,1-3H3. The summed E-state index contributed by atoms with van der Waals surface area (Å²) in [6, 6.07) is 7.30. The minimum Gasteiger partial charge on any atom is -0.480 e. The number of aromatic nitrogens is 6. The van der Waals surface area contributed by atoms with Gasteiger partial charge in [0.25, 0.3) is 0 Å². The van der Waals surface area contributed by atoms with Crippen LogP contribution >= 0.6 is 0 Å². The van der Waals surface area contributed by atoms with Crippen molar-refractivity contribution in [3.05, 3.63) is 66.1 Å². The Bertz CT molecular complexity index is 1340. The summed E-state index contributed by atoms with van der Waals surface area (Å²) in [6.07, 6.45) is 3.65. The van der Waals surface area contributed by atoms with Crippen molar-refractivity contribution in [3.63, 3.8) is 0 Å². The van der Waals surface area contributed by atoms with Crippen molar-refractivity contribution in [2.75, 3.05) is 7.11 Å². The van der Waals surface area contributed by atoms with Gasteiger partial charge in [-0.25, -0.2) is 15.0 Å².